The Morgan fingerprint density at radius 2 is 1.83 bits per heavy atom. The van der Waals surface area contributed by atoms with Crippen molar-refractivity contribution in [2.24, 2.45) is 0 Å². The van der Waals surface area contributed by atoms with Crippen LogP contribution in [0.15, 0.2) is 35.4 Å². The molecule has 0 atom stereocenters. The highest BCUT2D eigenvalue weighted by Crippen LogP contribution is 2.30. The summed E-state index contributed by atoms with van der Waals surface area (Å²) < 4.78 is 27.5. The van der Waals surface area contributed by atoms with Crippen LogP contribution in [0.25, 0.3) is 0 Å². The molecule has 2 aromatic rings. The number of hydrogen-bond acceptors (Lipinski definition) is 5. The van der Waals surface area contributed by atoms with Crippen LogP contribution in [0.1, 0.15) is 29.6 Å². The Morgan fingerprint density at radius 3 is 2.45 bits per heavy atom. The van der Waals surface area contributed by atoms with Gasteiger partial charge in [0, 0.05) is 33.4 Å². The van der Waals surface area contributed by atoms with E-state index in [1.807, 2.05) is 14.1 Å². The molecule has 1 N–H and O–H groups in total. The smallest absolute Gasteiger partial charge is 0.257 e. The average molecular weight is 457 g/mol. The van der Waals surface area contributed by atoms with Gasteiger partial charge >= 0.3 is 0 Å². The number of carbonyl (C=O) groups is 1. The fraction of sp³-hybridized carbons (Fsp3) is 0.368. The monoisotopic (exact) mass is 456 g/mol. The SMILES string of the molecule is CN(C)c1ccc(S(=O)(=O)N2CCCCC2)cc1NC(=O)c1cnc(Cl)c(Cl)c1. The summed E-state index contributed by atoms with van der Waals surface area (Å²) in [5.74, 6) is -0.466. The van der Waals surface area contributed by atoms with E-state index in [-0.39, 0.29) is 20.6 Å². The van der Waals surface area contributed by atoms with E-state index in [9.17, 15) is 13.2 Å². The summed E-state index contributed by atoms with van der Waals surface area (Å²) >= 11 is 11.8. The number of carbonyl (C=O) groups excluding carboxylic acids is 1. The van der Waals surface area contributed by atoms with Crippen molar-refractivity contribution in [1.82, 2.24) is 9.29 Å². The molecule has 1 aromatic heterocycles. The second kappa shape index (κ2) is 8.87. The van der Waals surface area contributed by atoms with Gasteiger partial charge in [-0.15, -0.1) is 0 Å². The van der Waals surface area contributed by atoms with Crippen LogP contribution in [0.5, 0.6) is 0 Å². The molecule has 0 radical (unpaired) electrons. The number of amides is 1. The summed E-state index contributed by atoms with van der Waals surface area (Å²) in [4.78, 5) is 18.5. The average Bonchev–Trinajstić information content (AvgIpc) is 2.70. The summed E-state index contributed by atoms with van der Waals surface area (Å²) in [7, 11) is -0.00708. The topological polar surface area (TPSA) is 82.6 Å². The molecule has 0 unspecified atom stereocenters. The second-order valence-electron chi connectivity index (χ2n) is 6.99. The minimum Gasteiger partial charge on any atom is -0.376 e. The first-order valence-corrected chi connectivity index (χ1v) is 11.3. The van der Waals surface area contributed by atoms with Gasteiger partial charge in [0.25, 0.3) is 5.91 Å². The number of nitrogens with zero attached hydrogens (tertiary/aromatic N) is 3. The molecule has 3 rings (SSSR count). The predicted octanol–water partition coefficient (Wildman–Crippen LogP) is 3.88. The number of anilines is 2. The molecule has 1 saturated heterocycles. The molecule has 29 heavy (non-hydrogen) atoms. The van der Waals surface area contributed by atoms with Crippen LogP contribution in [0.2, 0.25) is 10.2 Å². The molecule has 0 saturated carbocycles. The fourth-order valence-corrected chi connectivity index (χ4v) is 4.97. The maximum Gasteiger partial charge on any atom is 0.257 e. The largest absolute Gasteiger partial charge is 0.376 e. The maximum absolute atomic E-state index is 13.0. The third-order valence-electron chi connectivity index (χ3n) is 4.71. The van der Waals surface area contributed by atoms with Crippen molar-refractivity contribution < 1.29 is 13.2 Å². The van der Waals surface area contributed by atoms with Crippen molar-refractivity contribution in [3.8, 4) is 0 Å². The summed E-state index contributed by atoms with van der Waals surface area (Å²) in [6.07, 6.45) is 4.05. The lowest BCUT2D eigenvalue weighted by Gasteiger charge is -2.26. The van der Waals surface area contributed by atoms with Gasteiger partial charge in [-0.05, 0) is 37.1 Å². The number of sulfonamides is 1. The quantitative estimate of drug-likeness (QED) is 0.690. The summed E-state index contributed by atoms with van der Waals surface area (Å²) in [5, 5.41) is 3.03. The molecule has 0 spiro atoms. The number of hydrogen-bond donors (Lipinski definition) is 1. The number of rotatable bonds is 5. The zero-order valence-corrected chi connectivity index (χ0v) is 18.5. The third-order valence-corrected chi connectivity index (χ3v) is 7.29. The van der Waals surface area contributed by atoms with E-state index >= 15 is 0 Å². The van der Waals surface area contributed by atoms with Crippen LogP contribution < -0.4 is 10.2 Å². The van der Waals surface area contributed by atoms with Crippen molar-refractivity contribution in [3.05, 3.63) is 46.2 Å². The number of pyridine rings is 1. The maximum atomic E-state index is 13.0. The Bertz CT molecular complexity index is 1020. The van der Waals surface area contributed by atoms with Crippen LogP contribution >= 0.6 is 23.2 Å². The Labute approximate surface area is 180 Å². The zero-order valence-electron chi connectivity index (χ0n) is 16.2. The molecule has 1 aliphatic heterocycles. The summed E-state index contributed by atoms with van der Waals surface area (Å²) in [6.45, 7) is 1.02. The van der Waals surface area contributed by atoms with E-state index < -0.39 is 15.9 Å². The lowest BCUT2D eigenvalue weighted by Crippen LogP contribution is -2.35. The molecule has 7 nitrogen and oxygen atoms in total. The van der Waals surface area contributed by atoms with Crippen LogP contribution in [0.4, 0.5) is 11.4 Å². The lowest BCUT2D eigenvalue weighted by molar-refractivity contribution is 0.102. The first kappa shape index (κ1) is 21.8. The third kappa shape index (κ3) is 4.83. The van der Waals surface area contributed by atoms with Gasteiger partial charge in [0.15, 0.2) is 0 Å². The molecule has 0 bridgehead atoms. The summed E-state index contributed by atoms with van der Waals surface area (Å²) in [5.41, 5.74) is 1.27. The molecular formula is C19H22Cl2N4O3S. The Morgan fingerprint density at radius 1 is 1.14 bits per heavy atom. The molecular weight excluding hydrogens is 435 g/mol. The van der Waals surface area contributed by atoms with Gasteiger partial charge < -0.3 is 10.2 Å². The van der Waals surface area contributed by atoms with Crippen LogP contribution in [-0.2, 0) is 10.0 Å². The Kier molecular flexibility index (Phi) is 6.68. The Balaban J connectivity index is 1.94. The molecule has 1 aromatic carbocycles. The van der Waals surface area contributed by atoms with Crippen molar-refractivity contribution in [2.75, 3.05) is 37.4 Å². The molecule has 1 fully saturated rings. The standard InChI is InChI=1S/C19H22Cl2N4O3S/c1-24(2)17-7-6-14(29(27,28)25-8-4-3-5-9-25)11-16(17)23-19(26)13-10-15(20)18(21)22-12-13/h6-7,10-12H,3-5,8-9H2,1-2H3,(H,23,26). The Hall–Kier alpha value is -1.87. The minimum absolute atomic E-state index is 0.104. The number of benzene rings is 1. The van der Waals surface area contributed by atoms with E-state index in [1.54, 1.807) is 17.0 Å². The van der Waals surface area contributed by atoms with Crippen LogP contribution in [-0.4, -0.2) is 50.8 Å². The molecule has 10 heteroatoms. The summed E-state index contributed by atoms with van der Waals surface area (Å²) in [6, 6.07) is 6.15. The van der Waals surface area contributed by atoms with Gasteiger partial charge in [-0.1, -0.05) is 29.6 Å². The van der Waals surface area contributed by atoms with Gasteiger partial charge in [0.2, 0.25) is 10.0 Å². The number of halogens is 2. The molecule has 156 valence electrons. The van der Waals surface area contributed by atoms with Gasteiger partial charge in [-0.2, -0.15) is 4.31 Å². The molecule has 1 amide bonds. The van der Waals surface area contributed by atoms with Crippen LogP contribution in [0.3, 0.4) is 0 Å². The number of nitrogens with one attached hydrogen (secondary N) is 1. The van der Waals surface area contributed by atoms with Gasteiger partial charge in [0.05, 0.1) is 26.9 Å². The van der Waals surface area contributed by atoms with E-state index in [1.165, 1.54) is 22.6 Å². The van der Waals surface area contributed by atoms with Crippen molar-refractivity contribution in [2.45, 2.75) is 24.2 Å². The second-order valence-corrected chi connectivity index (χ2v) is 9.69. The van der Waals surface area contributed by atoms with Gasteiger partial charge in [-0.25, -0.2) is 13.4 Å². The van der Waals surface area contributed by atoms with E-state index in [2.05, 4.69) is 10.3 Å². The van der Waals surface area contributed by atoms with Crippen molar-refractivity contribution in [3.63, 3.8) is 0 Å². The lowest BCUT2D eigenvalue weighted by atomic mass is 10.2. The van der Waals surface area contributed by atoms with E-state index in [0.717, 1.165) is 19.3 Å². The first-order chi connectivity index (χ1) is 13.7. The minimum atomic E-state index is -3.63. The van der Waals surface area contributed by atoms with E-state index in [0.29, 0.717) is 24.5 Å². The van der Waals surface area contributed by atoms with Crippen molar-refractivity contribution >= 4 is 50.5 Å². The molecule has 2 heterocycles. The normalized spacial score (nSPS) is 15.2. The van der Waals surface area contributed by atoms with Crippen molar-refractivity contribution in [1.29, 1.82) is 0 Å². The number of piperidine rings is 1. The molecule has 0 aliphatic carbocycles. The fourth-order valence-electron chi connectivity index (χ4n) is 3.16. The van der Waals surface area contributed by atoms with Gasteiger partial charge in [0.1, 0.15) is 5.15 Å². The van der Waals surface area contributed by atoms with E-state index in [4.69, 9.17) is 23.2 Å². The first-order valence-electron chi connectivity index (χ1n) is 9.14. The molecule has 1 aliphatic rings. The number of aromatic nitrogens is 1. The van der Waals surface area contributed by atoms with Crippen LogP contribution in [0, 0.1) is 0 Å². The zero-order chi connectivity index (χ0) is 21.2. The predicted molar refractivity (Wildman–Crippen MR) is 116 cm³/mol. The highest BCUT2D eigenvalue weighted by Gasteiger charge is 2.27. The highest BCUT2D eigenvalue weighted by atomic mass is 35.5. The highest BCUT2D eigenvalue weighted by molar-refractivity contribution is 7.89. The van der Waals surface area contributed by atoms with Gasteiger partial charge in [-0.3, -0.25) is 4.79 Å².